The summed E-state index contributed by atoms with van der Waals surface area (Å²) >= 11 is 0. The highest BCUT2D eigenvalue weighted by molar-refractivity contribution is 5.47. The Kier molecular flexibility index (Phi) is 4.66. The summed E-state index contributed by atoms with van der Waals surface area (Å²) in [5.74, 6) is 6.71. The Morgan fingerprint density at radius 3 is 2.19 bits per heavy atom. The fraction of sp³-hybridized carbons (Fsp3) is 0.333. The summed E-state index contributed by atoms with van der Waals surface area (Å²) in [6.45, 7) is 8.42. The molecule has 0 radical (unpaired) electrons. The molecule has 3 N–H and O–H groups in total. The van der Waals surface area contributed by atoms with Gasteiger partial charge < -0.3 is 4.74 Å². The minimum Gasteiger partial charge on any atom is -0.496 e. The SMILES string of the molecule is COc1cc(C)ccc1C(NN)c1cc(C)c(C)cc1C. The van der Waals surface area contributed by atoms with Gasteiger partial charge in [-0.3, -0.25) is 5.84 Å². The number of nitrogens with one attached hydrogen (secondary N) is 1. The van der Waals surface area contributed by atoms with Crippen LogP contribution in [0.1, 0.15) is 39.4 Å². The highest BCUT2D eigenvalue weighted by Gasteiger charge is 2.19. The van der Waals surface area contributed by atoms with Crippen LogP contribution in [0.2, 0.25) is 0 Å². The quantitative estimate of drug-likeness (QED) is 0.667. The van der Waals surface area contributed by atoms with Crippen LogP contribution < -0.4 is 16.0 Å². The monoisotopic (exact) mass is 284 g/mol. The number of benzene rings is 2. The van der Waals surface area contributed by atoms with Crippen molar-refractivity contribution in [2.24, 2.45) is 5.84 Å². The number of rotatable bonds is 4. The van der Waals surface area contributed by atoms with E-state index in [1.54, 1.807) is 7.11 Å². The molecule has 0 heterocycles. The average molecular weight is 284 g/mol. The van der Waals surface area contributed by atoms with Crippen molar-refractivity contribution in [2.75, 3.05) is 7.11 Å². The van der Waals surface area contributed by atoms with Gasteiger partial charge in [0.2, 0.25) is 0 Å². The first kappa shape index (κ1) is 15.5. The smallest absolute Gasteiger partial charge is 0.124 e. The normalized spacial score (nSPS) is 12.3. The van der Waals surface area contributed by atoms with Crippen LogP contribution in [0, 0.1) is 27.7 Å². The first-order valence-electron chi connectivity index (χ1n) is 7.16. The standard InChI is InChI=1S/C18H24N2O/c1-11-6-7-15(17(8-11)21-5)18(20-19)16-10-13(3)12(2)9-14(16)4/h6-10,18,20H,19H2,1-5H3. The fourth-order valence-corrected chi connectivity index (χ4v) is 2.70. The number of ether oxygens (including phenoxy) is 1. The number of hydrazine groups is 1. The molecule has 112 valence electrons. The van der Waals surface area contributed by atoms with Crippen molar-refractivity contribution in [3.8, 4) is 5.75 Å². The Labute approximate surface area is 127 Å². The molecule has 0 amide bonds. The van der Waals surface area contributed by atoms with Crippen molar-refractivity contribution in [3.63, 3.8) is 0 Å². The number of hydrogen-bond donors (Lipinski definition) is 2. The first-order chi connectivity index (χ1) is 9.97. The third kappa shape index (κ3) is 3.09. The summed E-state index contributed by atoms with van der Waals surface area (Å²) in [6.07, 6.45) is 0. The number of methoxy groups -OCH3 is 1. The number of aryl methyl sites for hydroxylation is 4. The Hall–Kier alpha value is -1.84. The number of hydrogen-bond acceptors (Lipinski definition) is 3. The second-order valence-corrected chi connectivity index (χ2v) is 5.64. The second kappa shape index (κ2) is 6.29. The van der Waals surface area contributed by atoms with Crippen molar-refractivity contribution < 1.29 is 4.74 Å². The summed E-state index contributed by atoms with van der Waals surface area (Å²) in [4.78, 5) is 0. The maximum atomic E-state index is 5.85. The summed E-state index contributed by atoms with van der Waals surface area (Å²) < 4.78 is 5.53. The molecule has 0 saturated heterocycles. The molecule has 0 aliphatic rings. The van der Waals surface area contributed by atoms with Gasteiger partial charge in [-0.15, -0.1) is 0 Å². The van der Waals surface area contributed by atoms with Gasteiger partial charge in [-0.05, 0) is 61.6 Å². The molecule has 0 saturated carbocycles. The van der Waals surface area contributed by atoms with Gasteiger partial charge >= 0.3 is 0 Å². The minimum atomic E-state index is -0.0835. The van der Waals surface area contributed by atoms with Crippen molar-refractivity contribution in [3.05, 3.63) is 63.7 Å². The lowest BCUT2D eigenvalue weighted by Crippen LogP contribution is -2.30. The summed E-state index contributed by atoms with van der Waals surface area (Å²) in [7, 11) is 1.69. The van der Waals surface area contributed by atoms with Gasteiger partial charge in [0.15, 0.2) is 0 Å². The zero-order valence-electron chi connectivity index (χ0n) is 13.4. The van der Waals surface area contributed by atoms with E-state index < -0.39 is 0 Å². The summed E-state index contributed by atoms with van der Waals surface area (Å²) in [5.41, 5.74) is 10.1. The Morgan fingerprint density at radius 1 is 0.905 bits per heavy atom. The van der Waals surface area contributed by atoms with E-state index in [-0.39, 0.29) is 6.04 Å². The molecule has 1 atom stereocenters. The van der Waals surface area contributed by atoms with Crippen LogP contribution in [0.4, 0.5) is 0 Å². The van der Waals surface area contributed by atoms with Crippen molar-refractivity contribution in [1.82, 2.24) is 5.43 Å². The topological polar surface area (TPSA) is 47.3 Å². The van der Waals surface area contributed by atoms with Gasteiger partial charge in [0.05, 0.1) is 13.2 Å². The van der Waals surface area contributed by atoms with E-state index in [1.807, 2.05) is 6.07 Å². The molecule has 0 aliphatic carbocycles. The van der Waals surface area contributed by atoms with Crippen molar-refractivity contribution in [2.45, 2.75) is 33.7 Å². The fourth-order valence-electron chi connectivity index (χ4n) is 2.70. The summed E-state index contributed by atoms with van der Waals surface area (Å²) in [6, 6.07) is 10.5. The first-order valence-corrected chi connectivity index (χ1v) is 7.16. The Balaban J connectivity index is 2.57. The molecule has 0 aliphatic heterocycles. The lowest BCUT2D eigenvalue weighted by molar-refractivity contribution is 0.404. The molecule has 2 aromatic carbocycles. The molecular weight excluding hydrogens is 260 g/mol. The van der Waals surface area contributed by atoms with Gasteiger partial charge in [-0.1, -0.05) is 24.3 Å². The summed E-state index contributed by atoms with van der Waals surface area (Å²) in [5, 5.41) is 0. The molecule has 2 aromatic rings. The third-order valence-electron chi connectivity index (χ3n) is 4.06. The maximum absolute atomic E-state index is 5.85. The lowest BCUT2D eigenvalue weighted by atomic mass is 9.91. The van der Waals surface area contributed by atoms with E-state index in [1.165, 1.54) is 27.8 Å². The van der Waals surface area contributed by atoms with E-state index >= 15 is 0 Å². The average Bonchev–Trinajstić information content (AvgIpc) is 2.46. The highest BCUT2D eigenvalue weighted by atomic mass is 16.5. The molecule has 3 heteroatoms. The van der Waals surface area contributed by atoms with Gasteiger partial charge in [0.1, 0.15) is 5.75 Å². The van der Waals surface area contributed by atoms with Crippen LogP contribution in [0.3, 0.4) is 0 Å². The molecule has 0 fully saturated rings. The van der Waals surface area contributed by atoms with Crippen molar-refractivity contribution in [1.29, 1.82) is 0 Å². The maximum Gasteiger partial charge on any atom is 0.124 e. The molecule has 1 unspecified atom stereocenters. The Morgan fingerprint density at radius 2 is 1.57 bits per heavy atom. The van der Waals surface area contributed by atoms with Crippen LogP contribution >= 0.6 is 0 Å². The highest BCUT2D eigenvalue weighted by Crippen LogP contribution is 2.32. The Bertz CT molecular complexity index is 650. The predicted molar refractivity (Wildman–Crippen MR) is 87.6 cm³/mol. The van der Waals surface area contributed by atoms with Crippen LogP contribution in [-0.4, -0.2) is 7.11 Å². The number of nitrogens with two attached hydrogens (primary N) is 1. The minimum absolute atomic E-state index is 0.0835. The van der Waals surface area contributed by atoms with Gasteiger partial charge in [0, 0.05) is 5.56 Å². The van der Waals surface area contributed by atoms with E-state index in [0.29, 0.717) is 0 Å². The lowest BCUT2D eigenvalue weighted by Gasteiger charge is -2.22. The molecule has 3 nitrogen and oxygen atoms in total. The van der Waals surface area contributed by atoms with E-state index in [9.17, 15) is 0 Å². The van der Waals surface area contributed by atoms with Crippen LogP contribution in [0.25, 0.3) is 0 Å². The predicted octanol–water partition coefficient (Wildman–Crippen LogP) is 3.48. The zero-order chi connectivity index (χ0) is 15.6. The van der Waals surface area contributed by atoms with Gasteiger partial charge in [-0.2, -0.15) is 0 Å². The molecule has 2 rings (SSSR count). The molecular formula is C18H24N2O. The van der Waals surface area contributed by atoms with E-state index in [4.69, 9.17) is 10.6 Å². The van der Waals surface area contributed by atoms with E-state index in [2.05, 4.69) is 57.4 Å². The van der Waals surface area contributed by atoms with Gasteiger partial charge in [0.25, 0.3) is 0 Å². The zero-order valence-corrected chi connectivity index (χ0v) is 13.4. The molecule has 21 heavy (non-hydrogen) atoms. The van der Waals surface area contributed by atoms with Crippen molar-refractivity contribution >= 4 is 0 Å². The van der Waals surface area contributed by atoms with Crippen LogP contribution in [0.15, 0.2) is 30.3 Å². The second-order valence-electron chi connectivity index (χ2n) is 5.64. The van der Waals surface area contributed by atoms with Crippen LogP contribution in [-0.2, 0) is 0 Å². The van der Waals surface area contributed by atoms with Gasteiger partial charge in [-0.25, -0.2) is 5.43 Å². The third-order valence-corrected chi connectivity index (χ3v) is 4.06. The largest absolute Gasteiger partial charge is 0.496 e. The molecule has 0 aromatic heterocycles. The molecule has 0 bridgehead atoms. The van der Waals surface area contributed by atoms with Crippen LogP contribution in [0.5, 0.6) is 5.75 Å². The van der Waals surface area contributed by atoms with E-state index in [0.717, 1.165) is 11.3 Å². The molecule has 0 spiro atoms.